The molecular formula is C8H4FN3. The van der Waals surface area contributed by atoms with Crippen LogP contribution in [0.25, 0.3) is 0 Å². The van der Waals surface area contributed by atoms with Gasteiger partial charge in [-0.15, -0.1) is 0 Å². The molecule has 58 valence electrons. The zero-order chi connectivity index (χ0) is 8.97. The third-order valence-electron chi connectivity index (χ3n) is 1.13. The second kappa shape index (κ2) is 3.36. The Morgan fingerprint density at radius 2 is 2.33 bits per heavy atom. The van der Waals surface area contributed by atoms with Gasteiger partial charge in [0, 0.05) is 17.7 Å². The normalized spacial score (nSPS) is 8.00. The molecule has 1 aromatic rings. The van der Waals surface area contributed by atoms with Crippen LogP contribution in [0.2, 0.25) is 0 Å². The highest BCUT2D eigenvalue weighted by molar-refractivity contribution is 5.41. The summed E-state index contributed by atoms with van der Waals surface area (Å²) in [4.78, 5) is 3.52. The predicted molar refractivity (Wildman–Crippen MR) is 41.1 cm³/mol. The highest BCUT2D eigenvalue weighted by Gasteiger charge is 1.98. The standard InChI is InChI=1S/C8H4FN3/c9-7-4-6(2-1-3-10)5-12-8(7)11/h4-5H,(H2,11,12). The third-order valence-corrected chi connectivity index (χ3v) is 1.13. The van der Waals surface area contributed by atoms with Crippen molar-refractivity contribution >= 4 is 5.82 Å². The molecule has 0 saturated heterocycles. The van der Waals surface area contributed by atoms with E-state index in [1.54, 1.807) is 6.07 Å². The first-order chi connectivity index (χ1) is 5.74. The SMILES string of the molecule is N#CC#Cc1cnc(N)c(F)c1. The summed E-state index contributed by atoms with van der Waals surface area (Å²) in [6.07, 6.45) is 1.31. The summed E-state index contributed by atoms with van der Waals surface area (Å²) in [5, 5.41) is 8.09. The van der Waals surface area contributed by atoms with Gasteiger partial charge in [0.2, 0.25) is 0 Å². The molecule has 0 amide bonds. The number of pyridine rings is 1. The van der Waals surface area contributed by atoms with Crippen LogP contribution in [0.4, 0.5) is 10.2 Å². The number of hydrogen-bond donors (Lipinski definition) is 1. The average Bonchev–Trinajstić information content (AvgIpc) is 2.07. The predicted octanol–water partition coefficient (Wildman–Crippen LogP) is 0.678. The molecule has 1 aromatic heterocycles. The van der Waals surface area contributed by atoms with Crippen molar-refractivity contribution in [3.05, 3.63) is 23.6 Å². The van der Waals surface area contributed by atoms with Crippen LogP contribution < -0.4 is 5.73 Å². The van der Waals surface area contributed by atoms with E-state index in [1.165, 1.54) is 6.20 Å². The van der Waals surface area contributed by atoms with Crippen LogP contribution in [0.1, 0.15) is 5.56 Å². The van der Waals surface area contributed by atoms with E-state index >= 15 is 0 Å². The van der Waals surface area contributed by atoms with Gasteiger partial charge in [-0.25, -0.2) is 9.37 Å². The molecule has 12 heavy (non-hydrogen) atoms. The Balaban J connectivity index is 3.07. The number of hydrogen-bond acceptors (Lipinski definition) is 3. The minimum atomic E-state index is -0.625. The molecular weight excluding hydrogens is 157 g/mol. The molecule has 0 unspecified atom stereocenters. The maximum atomic E-state index is 12.7. The first kappa shape index (κ1) is 8.03. The van der Waals surface area contributed by atoms with Crippen molar-refractivity contribution < 1.29 is 4.39 Å². The third kappa shape index (κ3) is 1.71. The number of aromatic nitrogens is 1. The summed E-state index contributed by atoms with van der Waals surface area (Å²) in [5.74, 6) is 3.72. The van der Waals surface area contributed by atoms with Crippen LogP contribution in [-0.4, -0.2) is 4.98 Å². The molecule has 4 heteroatoms. The van der Waals surface area contributed by atoms with Gasteiger partial charge < -0.3 is 5.73 Å². The molecule has 0 saturated carbocycles. The number of nitrogen functional groups attached to an aromatic ring is 1. The number of halogens is 1. The van der Waals surface area contributed by atoms with Crippen LogP contribution >= 0.6 is 0 Å². The Morgan fingerprint density at radius 1 is 1.58 bits per heavy atom. The van der Waals surface area contributed by atoms with Crippen molar-refractivity contribution in [2.24, 2.45) is 0 Å². The van der Waals surface area contributed by atoms with Gasteiger partial charge >= 0.3 is 0 Å². The number of anilines is 1. The van der Waals surface area contributed by atoms with Crippen molar-refractivity contribution in [2.45, 2.75) is 0 Å². The van der Waals surface area contributed by atoms with Gasteiger partial charge in [0.1, 0.15) is 0 Å². The zero-order valence-corrected chi connectivity index (χ0v) is 6.00. The fourth-order valence-electron chi connectivity index (χ4n) is 0.617. The summed E-state index contributed by atoms with van der Waals surface area (Å²) in [5.41, 5.74) is 5.45. The lowest BCUT2D eigenvalue weighted by Gasteiger charge is -1.93. The van der Waals surface area contributed by atoms with Gasteiger partial charge in [0.05, 0.1) is 0 Å². The number of nitrogens with two attached hydrogens (primary N) is 1. The topological polar surface area (TPSA) is 62.7 Å². The van der Waals surface area contributed by atoms with Gasteiger partial charge in [-0.3, -0.25) is 0 Å². The minimum Gasteiger partial charge on any atom is -0.381 e. The zero-order valence-electron chi connectivity index (χ0n) is 6.00. The van der Waals surface area contributed by atoms with Crippen molar-refractivity contribution in [1.29, 1.82) is 5.26 Å². The largest absolute Gasteiger partial charge is 0.381 e. The minimum absolute atomic E-state index is 0.169. The highest BCUT2D eigenvalue weighted by Crippen LogP contribution is 2.06. The smallest absolute Gasteiger partial charge is 0.166 e. The van der Waals surface area contributed by atoms with Gasteiger partial charge in [0.25, 0.3) is 0 Å². The fourth-order valence-corrected chi connectivity index (χ4v) is 0.617. The fraction of sp³-hybridized carbons (Fsp3) is 0. The van der Waals surface area contributed by atoms with Crippen LogP contribution in [-0.2, 0) is 0 Å². The van der Waals surface area contributed by atoms with Crippen LogP contribution in [0.3, 0.4) is 0 Å². The molecule has 2 N–H and O–H groups in total. The van der Waals surface area contributed by atoms with Gasteiger partial charge in [-0.1, -0.05) is 0 Å². The second-order valence-electron chi connectivity index (χ2n) is 1.95. The lowest BCUT2D eigenvalue weighted by atomic mass is 10.3. The van der Waals surface area contributed by atoms with Crippen molar-refractivity contribution in [3.8, 4) is 17.9 Å². The van der Waals surface area contributed by atoms with E-state index in [9.17, 15) is 4.39 Å². The summed E-state index contributed by atoms with van der Waals surface area (Å²) < 4.78 is 12.7. The maximum Gasteiger partial charge on any atom is 0.166 e. The molecule has 0 bridgehead atoms. The van der Waals surface area contributed by atoms with Gasteiger partial charge in [-0.2, -0.15) is 5.26 Å². The number of rotatable bonds is 0. The lowest BCUT2D eigenvalue weighted by molar-refractivity contribution is 0.627. The Morgan fingerprint density at radius 3 is 2.92 bits per heavy atom. The van der Waals surface area contributed by atoms with E-state index in [-0.39, 0.29) is 5.82 Å². The average molecular weight is 161 g/mol. The molecule has 0 spiro atoms. The van der Waals surface area contributed by atoms with E-state index in [2.05, 4.69) is 16.8 Å². The number of nitrogens with zero attached hydrogens (tertiary/aromatic N) is 2. The van der Waals surface area contributed by atoms with Gasteiger partial charge in [-0.05, 0) is 12.0 Å². The van der Waals surface area contributed by atoms with E-state index < -0.39 is 5.82 Å². The van der Waals surface area contributed by atoms with E-state index in [4.69, 9.17) is 11.0 Å². The van der Waals surface area contributed by atoms with E-state index in [0.717, 1.165) is 6.07 Å². The maximum absolute atomic E-state index is 12.7. The van der Waals surface area contributed by atoms with Gasteiger partial charge in [0.15, 0.2) is 17.7 Å². The van der Waals surface area contributed by atoms with Crippen molar-refractivity contribution in [3.63, 3.8) is 0 Å². The molecule has 0 fully saturated rings. The van der Waals surface area contributed by atoms with Crippen molar-refractivity contribution in [1.82, 2.24) is 4.98 Å². The monoisotopic (exact) mass is 161 g/mol. The molecule has 0 atom stereocenters. The number of nitriles is 1. The molecule has 0 aliphatic carbocycles. The van der Waals surface area contributed by atoms with E-state index in [1.807, 2.05) is 0 Å². The summed E-state index contributed by atoms with van der Waals surface area (Å²) in [6, 6.07) is 2.74. The first-order valence-corrected chi connectivity index (χ1v) is 3.05. The quantitative estimate of drug-likeness (QED) is 0.569. The highest BCUT2D eigenvalue weighted by atomic mass is 19.1. The first-order valence-electron chi connectivity index (χ1n) is 3.05. The second-order valence-corrected chi connectivity index (χ2v) is 1.95. The van der Waals surface area contributed by atoms with Crippen LogP contribution in [0, 0.1) is 29.0 Å². The molecule has 0 radical (unpaired) electrons. The Bertz CT molecular complexity index is 395. The molecule has 1 rings (SSSR count). The van der Waals surface area contributed by atoms with Crippen LogP contribution in [0.15, 0.2) is 12.3 Å². The molecule has 3 nitrogen and oxygen atoms in total. The summed E-state index contributed by atoms with van der Waals surface area (Å²) >= 11 is 0. The summed E-state index contributed by atoms with van der Waals surface area (Å²) in [6.45, 7) is 0. The Labute approximate surface area is 68.6 Å². The Hall–Kier alpha value is -2.07. The molecule has 0 aromatic carbocycles. The van der Waals surface area contributed by atoms with E-state index in [0.29, 0.717) is 5.56 Å². The Kier molecular flexibility index (Phi) is 2.25. The molecule has 0 aliphatic heterocycles. The molecule has 1 heterocycles. The van der Waals surface area contributed by atoms with Crippen LogP contribution in [0.5, 0.6) is 0 Å². The van der Waals surface area contributed by atoms with Crippen molar-refractivity contribution in [2.75, 3.05) is 5.73 Å². The molecule has 0 aliphatic rings. The summed E-state index contributed by atoms with van der Waals surface area (Å²) in [7, 11) is 0. The lowest BCUT2D eigenvalue weighted by Crippen LogP contribution is -1.94.